The molecule has 0 aliphatic rings. The van der Waals surface area contributed by atoms with Crippen LogP contribution in [0.3, 0.4) is 0 Å². The van der Waals surface area contributed by atoms with E-state index in [0.29, 0.717) is 17.9 Å². The van der Waals surface area contributed by atoms with Crippen molar-refractivity contribution in [1.82, 2.24) is 15.3 Å². The van der Waals surface area contributed by atoms with Gasteiger partial charge in [-0.1, -0.05) is 48.5 Å². The van der Waals surface area contributed by atoms with E-state index < -0.39 is 0 Å². The molecule has 1 amide bonds. The van der Waals surface area contributed by atoms with Crippen molar-refractivity contribution in [3.8, 4) is 0 Å². The molecule has 2 aromatic carbocycles. The van der Waals surface area contributed by atoms with Gasteiger partial charge in [-0.15, -0.1) is 0 Å². The summed E-state index contributed by atoms with van der Waals surface area (Å²) in [5.74, 6) is 0.628. The molecular weight excluding hydrogens is 360 g/mol. The molecule has 5 heteroatoms. The summed E-state index contributed by atoms with van der Waals surface area (Å²) in [5.41, 5.74) is 4.21. The van der Waals surface area contributed by atoms with Gasteiger partial charge >= 0.3 is 0 Å². The van der Waals surface area contributed by atoms with E-state index in [9.17, 15) is 4.79 Å². The zero-order valence-electron chi connectivity index (χ0n) is 16.2. The predicted octanol–water partition coefficient (Wildman–Crippen LogP) is 4.19. The van der Waals surface area contributed by atoms with Crippen LogP contribution in [-0.4, -0.2) is 29.0 Å². The molecule has 0 fully saturated rings. The van der Waals surface area contributed by atoms with Crippen LogP contribution in [0.1, 0.15) is 21.5 Å². The smallest absolute Gasteiger partial charge is 0.251 e. The largest absolute Gasteiger partial charge is 0.370 e. The number of hydrogen-bond donors (Lipinski definition) is 3. The summed E-state index contributed by atoms with van der Waals surface area (Å²) >= 11 is 0. The van der Waals surface area contributed by atoms with Gasteiger partial charge in [-0.25, -0.2) is 4.98 Å². The van der Waals surface area contributed by atoms with Gasteiger partial charge in [0.15, 0.2) is 0 Å². The Morgan fingerprint density at radius 3 is 2.66 bits per heavy atom. The molecule has 0 saturated carbocycles. The molecule has 0 unspecified atom stereocenters. The van der Waals surface area contributed by atoms with E-state index in [1.165, 1.54) is 16.5 Å². The van der Waals surface area contributed by atoms with E-state index in [4.69, 9.17) is 0 Å². The Labute approximate surface area is 170 Å². The lowest BCUT2D eigenvalue weighted by Gasteiger charge is -2.08. The number of H-pyrrole nitrogens is 1. The maximum absolute atomic E-state index is 12.5. The molecule has 4 rings (SSSR count). The summed E-state index contributed by atoms with van der Waals surface area (Å²) in [6.07, 6.45) is 5.37. The Morgan fingerprint density at radius 1 is 0.931 bits per heavy atom. The van der Waals surface area contributed by atoms with E-state index in [0.717, 1.165) is 24.9 Å². The van der Waals surface area contributed by atoms with Crippen molar-refractivity contribution in [2.45, 2.75) is 12.8 Å². The van der Waals surface area contributed by atoms with Crippen LogP contribution in [0.25, 0.3) is 10.9 Å². The van der Waals surface area contributed by atoms with Crippen molar-refractivity contribution in [3.05, 3.63) is 95.8 Å². The fourth-order valence-electron chi connectivity index (χ4n) is 3.40. The number of fused-ring (bicyclic) bond motifs is 1. The van der Waals surface area contributed by atoms with Gasteiger partial charge in [0.25, 0.3) is 5.91 Å². The first-order chi connectivity index (χ1) is 14.3. The number of amides is 1. The fourth-order valence-corrected chi connectivity index (χ4v) is 3.40. The molecule has 146 valence electrons. The van der Waals surface area contributed by atoms with Gasteiger partial charge in [-0.3, -0.25) is 4.79 Å². The van der Waals surface area contributed by atoms with Crippen molar-refractivity contribution >= 4 is 22.6 Å². The van der Waals surface area contributed by atoms with Crippen LogP contribution in [0.2, 0.25) is 0 Å². The maximum atomic E-state index is 12.5. The van der Waals surface area contributed by atoms with E-state index in [2.05, 4.69) is 44.9 Å². The number of nitrogens with zero attached hydrogens (tertiary/aromatic N) is 1. The maximum Gasteiger partial charge on any atom is 0.251 e. The van der Waals surface area contributed by atoms with Crippen molar-refractivity contribution in [2.75, 3.05) is 18.4 Å². The number of pyridine rings is 1. The molecule has 0 radical (unpaired) electrons. The second kappa shape index (κ2) is 9.06. The summed E-state index contributed by atoms with van der Waals surface area (Å²) in [6.45, 7) is 1.35. The number of carbonyl (C=O) groups excluding carboxylic acids is 1. The van der Waals surface area contributed by atoms with Crippen LogP contribution in [0.4, 0.5) is 5.82 Å². The minimum Gasteiger partial charge on any atom is -0.370 e. The highest BCUT2D eigenvalue weighted by molar-refractivity contribution is 5.94. The third-order valence-corrected chi connectivity index (χ3v) is 4.94. The lowest BCUT2D eigenvalue weighted by Crippen LogP contribution is -2.25. The van der Waals surface area contributed by atoms with Crippen LogP contribution >= 0.6 is 0 Å². The molecule has 3 N–H and O–H groups in total. The Morgan fingerprint density at radius 2 is 1.76 bits per heavy atom. The average molecular weight is 384 g/mol. The molecular formula is C24H24N4O. The van der Waals surface area contributed by atoms with Crippen LogP contribution in [0.15, 0.2) is 79.1 Å². The van der Waals surface area contributed by atoms with E-state index in [1.807, 2.05) is 36.5 Å². The number of rotatable bonds is 8. The number of carbonyl (C=O) groups is 1. The molecule has 0 aliphatic heterocycles. The Bertz CT molecular complexity index is 1090. The minimum absolute atomic E-state index is 0.0849. The highest BCUT2D eigenvalue weighted by atomic mass is 16.1. The lowest BCUT2D eigenvalue weighted by atomic mass is 10.1. The zero-order valence-corrected chi connectivity index (χ0v) is 16.2. The van der Waals surface area contributed by atoms with Crippen molar-refractivity contribution in [3.63, 3.8) is 0 Å². The second-order valence-electron chi connectivity index (χ2n) is 6.96. The topological polar surface area (TPSA) is 69.8 Å². The number of aromatic nitrogens is 2. The predicted molar refractivity (Wildman–Crippen MR) is 117 cm³/mol. The summed E-state index contributed by atoms with van der Waals surface area (Å²) in [5, 5.41) is 7.50. The SMILES string of the molecule is O=C(NCCc1c[nH]c2ccccc12)c1ccnc(NCCc2ccccc2)c1. The summed E-state index contributed by atoms with van der Waals surface area (Å²) in [6, 6.07) is 22.0. The molecule has 0 atom stereocenters. The van der Waals surface area contributed by atoms with Crippen molar-refractivity contribution in [1.29, 1.82) is 0 Å². The molecule has 2 aromatic heterocycles. The number of aromatic amines is 1. The van der Waals surface area contributed by atoms with Crippen LogP contribution in [0.5, 0.6) is 0 Å². The number of nitrogens with one attached hydrogen (secondary N) is 3. The average Bonchev–Trinajstić information content (AvgIpc) is 3.18. The first-order valence-corrected chi connectivity index (χ1v) is 9.86. The standard InChI is InChI=1S/C24H24N4O/c29-24(27-15-12-20-17-28-22-9-5-4-8-21(20)22)19-11-14-26-23(16-19)25-13-10-18-6-2-1-3-7-18/h1-9,11,14,16-17,28H,10,12-13,15H2,(H,25,26)(H,27,29). The second-order valence-corrected chi connectivity index (χ2v) is 6.96. The van der Waals surface area contributed by atoms with E-state index >= 15 is 0 Å². The Balaban J connectivity index is 1.29. The Kier molecular flexibility index (Phi) is 5.86. The van der Waals surface area contributed by atoms with Gasteiger partial charge in [0, 0.05) is 41.9 Å². The molecule has 29 heavy (non-hydrogen) atoms. The van der Waals surface area contributed by atoms with E-state index in [-0.39, 0.29) is 5.91 Å². The Hall–Kier alpha value is -3.60. The van der Waals surface area contributed by atoms with Gasteiger partial charge in [0.05, 0.1) is 0 Å². The van der Waals surface area contributed by atoms with Crippen LogP contribution < -0.4 is 10.6 Å². The first-order valence-electron chi connectivity index (χ1n) is 9.86. The number of hydrogen-bond acceptors (Lipinski definition) is 3. The molecule has 0 bridgehead atoms. The van der Waals surface area contributed by atoms with Gasteiger partial charge in [0.2, 0.25) is 0 Å². The molecule has 2 heterocycles. The summed E-state index contributed by atoms with van der Waals surface area (Å²) in [7, 11) is 0. The van der Waals surface area contributed by atoms with Crippen LogP contribution in [0, 0.1) is 0 Å². The molecule has 5 nitrogen and oxygen atoms in total. The van der Waals surface area contributed by atoms with Crippen molar-refractivity contribution < 1.29 is 4.79 Å². The fraction of sp³-hybridized carbons (Fsp3) is 0.167. The summed E-state index contributed by atoms with van der Waals surface area (Å²) in [4.78, 5) is 20.1. The summed E-state index contributed by atoms with van der Waals surface area (Å²) < 4.78 is 0. The monoisotopic (exact) mass is 384 g/mol. The number of benzene rings is 2. The molecule has 0 spiro atoms. The normalized spacial score (nSPS) is 10.8. The lowest BCUT2D eigenvalue weighted by molar-refractivity contribution is 0.0954. The third-order valence-electron chi connectivity index (χ3n) is 4.94. The van der Waals surface area contributed by atoms with Gasteiger partial charge in [-0.2, -0.15) is 0 Å². The third kappa shape index (κ3) is 4.82. The van der Waals surface area contributed by atoms with E-state index in [1.54, 1.807) is 18.3 Å². The van der Waals surface area contributed by atoms with Gasteiger partial charge in [0.1, 0.15) is 5.82 Å². The van der Waals surface area contributed by atoms with Gasteiger partial charge in [-0.05, 0) is 42.2 Å². The molecule has 0 aliphatic carbocycles. The minimum atomic E-state index is -0.0849. The van der Waals surface area contributed by atoms with Crippen molar-refractivity contribution in [2.24, 2.45) is 0 Å². The number of anilines is 1. The quantitative estimate of drug-likeness (QED) is 0.427. The zero-order chi connectivity index (χ0) is 19.9. The molecule has 0 saturated heterocycles. The van der Waals surface area contributed by atoms with Crippen LogP contribution in [-0.2, 0) is 12.8 Å². The highest BCUT2D eigenvalue weighted by Crippen LogP contribution is 2.17. The van der Waals surface area contributed by atoms with Gasteiger partial charge < -0.3 is 15.6 Å². The number of para-hydroxylation sites is 1. The molecule has 4 aromatic rings. The highest BCUT2D eigenvalue weighted by Gasteiger charge is 2.08. The first kappa shape index (κ1) is 18.7.